The SMILES string of the molecule is NCCc1c[nH]c2ccccc12.O=C1NC(=O)c2ccccc21. The van der Waals surface area contributed by atoms with Crippen molar-refractivity contribution in [3.8, 4) is 0 Å². The Morgan fingerprint density at radius 3 is 2.13 bits per heavy atom. The second-order valence-electron chi connectivity index (χ2n) is 5.23. The van der Waals surface area contributed by atoms with Crippen LogP contribution in [0.4, 0.5) is 0 Å². The molecule has 4 N–H and O–H groups in total. The molecule has 0 radical (unpaired) electrons. The lowest BCUT2D eigenvalue weighted by atomic mass is 10.1. The zero-order valence-electron chi connectivity index (χ0n) is 12.5. The second kappa shape index (κ2) is 6.46. The van der Waals surface area contributed by atoms with Crippen LogP contribution in [-0.2, 0) is 6.42 Å². The predicted molar refractivity (Wildman–Crippen MR) is 89.3 cm³/mol. The summed E-state index contributed by atoms with van der Waals surface area (Å²) in [5, 5.41) is 3.50. The molecule has 23 heavy (non-hydrogen) atoms. The smallest absolute Gasteiger partial charge is 0.258 e. The largest absolute Gasteiger partial charge is 0.361 e. The Hall–Kier alpha value is -2.92. The number of hydrogen-bond donors (Lipinski definition) is 3. The van der Waals surface area contributed by atoms with Crippen LogP contribution in [0.25, 0.3) is 10.9 Å². The number of para-hydroxylation sites is 1. The number of amides is 2. The van der Waals surface area contributed by atoms with Crippen molar-refractivity contribution in [2.75, 3.05) is 6.54 Å². The van der Waals surface area contributed by atoms with Crippen molar-refractivity contribution in [2.45, 2.75) is 6.42 Å². The molecule has 116 valence electrons. The van der Waals surface area contributed by atoms with Crippen LogP contribution in [0.5, 0.6) is 0 Å². The summed E-state index contributed by atoms with van der Waals surface area (Å²) < 4.78 is 0. The number of imide groups is 1. The minimum atomic E-state index is -0.300. The topological polar surface area (TPSA) is 88.0 Å². The Morgan fingerprint density at radius 2 is 1.48 bits per heavy atom. The van der Waals surface area contributed by atoms with Crippen molar-refractivity contribution in [2.24, 2.45) is 5.73 Å². The predicted octanol–water partition coefficient (Wildman–Crippen LogP) is 2.24. The lowest BCUT2D eigenvalue weighted by Crippen LogP contribution is -2.19. The van der Waals surface area contributed by atoms with E-state index in [1.807, 2.05) is 12.3 Å². The van der Waals surface area contributed by atoms with Crippen LogP contribution in [-0.4, -0.2) is 23.3 Å². The first-order valence-electron chi connectivity index (χ1n) is 7.40. The summed E-state index contributed by atoms with van der Waals surface area (Å²) in [6.07, 6.45) is 2.99. The number of fused-ring (bicyclic) bond motifs is 2. The third-order valence-corrected chi connectivity index (χ3v) is 3.73. The molecule has 5 nitrogen and oxygen atoms in total. The van der Waals surface area contributed by atoms with Crippen LogP contribution in [0.2, 0.25) is 0 Å². The van der Waals surface area contributed by atoms with Gasteiger partial charge < -0.3 is 10.7 Å². The number of hydrogen-bond acceptors (Lipinski definition) is 3. The van der Waals surface area contributed by atoms with Gasteiger partial charge in [0.05, 0.1) is 11.1 Å². The van der Waals surface area contributed by atoms with Gasteiger partial charge in [-0.2, -0.15) is 0 Å². The minimum Gasteiger partial charge on any atom is -0.361 e. The average Bonchev–Trinajstić information content (AvgIpc) is 3.11. The lowest BCUT2D eigenvalue weighted by molar-refractivity contribution is 0.0879. The van der Waals surface area contributed by atoms with Crippen LogP contribution < -0.4 is 11.1 Å². The highest BCUT2D eigenvalue weighted by molar-refractivity contribution is 6.21. The van der Waals surface area contributed by atoms with Crippen molar-refractivity contribution < 1.29 is 9.59 Å². The quantitative estimate of drug-likeness (QED) is 0.634. The van der Waals surface area contributed by atoms with Gasteiger partial charge in [-0.25, -0.2) is 0 Å². The lowest BCUT2D eigenvalue weighted by Gasteiger charge is -1.93. The number of aromatic amines is 1. The van der Waals surface area contributed by atoms with Gasteiger partial charge in [-0.15, -0.1) is 0 Å². The molecule has 0 spiro atoms. The van der Waals surface area contributed by atoms with E-state index in [1.54, 1.807) is 24.3 Å². The highest BCUT2D eigenvalue weighted by Crippen LogP contribution is 2.17. The Labute approximate surface area is 133 Å². The van der Waals surface area contributed by atoms with Gasteiger partial charge in [0, 0.05) is 17.1 Å². The van der Waals surface area contributed by atoms with E-state index in [2.05, 4.69) is 28.5 Å². The number of carbonyl (C=O) groups is 2. The molecule has 3 aromatic rings. The summed E-state index contributed by atoms with van der Waals surface area (Å²) in [5.41, 5.74) is 8.95. The molecule has 1 aromatic heterocycles. The van der Waals surface area contributed by atoms with Crippen molar-refractivity contribution in [1.29, 1.82) is 0 Å². The summed E-state index contributed by atoms with van der Waals surface area (Å²) >= 11 is 0. The van der Waals surface area contributed by atoms with E-state index in [4.69, 9.17) is 5.73 Å². The number of nitrogens with one attached hydrogen (secondary N) is 2. The monoisotopic (exact) mass is 307 g/mol. The van der Waals surface area contributed by atoms with E-state index in [9.17, 15) is 9.59 Å². The molecular weight excluding hydrogens is 290 g/mol. The molecule has 1 aliphatic rings. The van der Waals surface area contributed by atoms with Gasteiger partial charge >= 0.3 is 0 Å². The van der Waals surface area contributed by atoms with E-state index >= 15 is 0 Å². The first-order valence-corrected chi connectivity index (χ1v) is 7.40. The highest BCUT2D eigenvalue weighted by atomic mass is 16.2. The van der Waals surface area contributed by atoms with Gasteiger partial charge in [0.25, 0.3) is 11.8 Å². The fraction of sp³-hybridized carbons (Fsp3) is 0.111. The van der Waals surface area contributed by atoms with Gasteiger partial charge in [0.1, 0.15) is 0 Å². The molecule has 5 heteroatoms. The van der Waals surface area contributed by atoms with E-state index in [1.165, 1.54) is 16.5 Å². The summed E-state index contributed by atoms with van der Waals surface area (Å²) in [6, 6.07) is 15.0. The Kier molecular flexibility index (Phi) is 4.21. The molecule has 2 aromatic carbocycles. The summed E-state index contributed by atoms with van der Waals surface area (Å²) in [6.45, 7) is 0.710. The van der Waals surface area contributed by atoms with Gasteiger partial charge in [-0.1, -0.05) is 30.3 Å². The van der Waals surface area contributed by atoms with E-state index in [0.29, 0.717) is 17.7 Å². The van der Waals surface area contributed by atoms with Crippen LogP contribution in [0.1, 0.15) is 26.3 Å². The standard InChI is InChI=1S/C10H12N2.C8H5NO2/c11-6-5-8-7-12-10-4-2-1-3-9(8)10;10-7-5-3-1-2-4-6(5)8(11)9-7/h1-4,7,12H,5-6,11H2;1-4H,(H,9,10,11). The molecule has 4 rings (SSSR count). The molecule has 0 fully saturated rings. The van der Waals surface area contributed by atoms with Gasteiger partial charge in [-0.3, -0.25) is 14.9 Å². The van der Waals surface area contributed by atoms with Crippen LogP contribution in [0.3, 0.4) is 0 Å². The Balaban J connectivity index is 0.000000136. The Bertz CT molecular complexity index is 834. The number of aromatic nitrogens is 1. The third kappa shape index (κ3) is 3.00. The molecule has 0 saturated carbocycles. The highest BCUT2D eigenvalue weighted by Gasteiger charge is 2.25. The maximum absolute atomic E-state index is 10.9. The molecule has 2 amide bonds. The second-order valence-corrected chi connectivity index (χ2v) is 5.23. The summed E-state index contributed by atoms with van der Waals surface area (Å²) in [5.74, 6) is -0.601. The van der Waals surface area contributed by atoms with E-state index < -0.39 is 0 Å². The molecule has 0 unspecified atom stereocenters. The summed E-state index contributed by atoms with van der Waals surface area (Å²) in [7, 11) is 0. The van der Waals surface area contributed by atoms with Gasteiger partial charge in [-0.05, 0) is 36.7 Å². The number of nitrogens with two attached hydrogens (primary N) is 1. The summed E-state index contributed by atoms with van der Waals surface area (Å²) in [4.78, 5) is 25.1. The van der Waals surface area contributed by atoms with Gasteiger partial charge in [0.2, 0.25) is 0 Å². The van der Waals surface area contributed by atoms with E-state index in [-0.39, 0.29) is 11.8 Å². The zero-order chi connectivity index (χ0) is 16.2. The number of rotatable bonds is 2. The first-order chi connectivity index (χ1) is 11.2. The molecule has 1 aliphatic heterocycles. The molecule has 0 bridgehead atoms. The molecule has 0 saturated heterocycles. The minimum absolute atomic E-state index is 0.300. The average molecular weight is 307 g/mol. The van der Waals surface area contributed by atoms with E-state index in [0.717, 1.165) is 6.42 Å². The number of carbonyl (C=O) groups excluding carboxylic acids is 2. The van der Waals surface area contributed by atoms with Crippen molar-refractivity contribution in [1.82, 2.24) is 10.3 Å². The molecule has 0 aliphatic carbocycles. The Morgan fingerprint density at radius 1 is 0.870 bits per heavy atom. The fourth-order valence-electron chi connectivity index (χ4n) is 2.61. The maximum atomic E-state index is 10.9. The third-order valence-electron chi connectivity index (χ3n) is 3.73. The van der Waals surface area contributed by atoms with Crippen molar-refractivity contribution >= 4 is 22.7 Å². The number of H-pyrrole nitrogens is 1. The van der Waals surface area contributed by atoms with Crippen LogP contribution in [0.15, 0.2) is 54.7 Å². The normalized spacial score (nSPS) is 12.6. The van der Waals surface area contributed by atoms with Crippen molar-refractivity contribution in [3.05, 3.63) is 71.4 Å². The zero-order valence-corrected chi connectivity index (χ0v) is 12.5. The van der Waals surface area contributed by atoms with Crippen molar-refractivity contribution in [3.63, 3.8) is 0 Å². The number of benzene rings is 2. The molecule has 0 atom stereocenters. The van der Waals surface area contributed by atoms with Gasteiger partial charge in [0.15, 0.2) is 0 Å². The van der Waals surface area contributed by atoms with Crippen LogP contribution in [0, 0.1) is 0 Å². The molecule has 2 heterocycles. The maximum Gasteiger partial charge on any atom is 0.258 e. The molecular formula is C18H17N3O2. The first kappa shape index (κ1) is 15.0. The van der Waals surface area contributed by atoms with Crippen LogP contribution >= 0.6 is 0 Å². The fourth-order valence-corrected chi connectivity index (χ4v) is 2.61.